The van der Waals surface area contributed by atoms with Crippen LogP contribution in [0.25, 0.3) is 10.9 Å². The smallest absolute Gasteiger partial charge is 0.270 e. The molecule has 0 bridgehead atoms. The standard InChI is InChI=1S/C17H21N5O2/c1-12(2)21(8-7-20(3)4)17-9-13(11-18)15-10-14(22(23)24)5-6-16(15)19-17/h5-6,9-10,12H,7-8H2,1-4H3. The van der Waals surface area contributed by atoms with Crippen molar-refractivity contribution >= 4 is 22.4 Å². The molecule has 0 N–H and O–H groups in total. The predicted octanol–water partition coefficient (Wildman–Crippen LogP) is 2.79. The zero-order valence-electron chi connectivity index (χ0n) is 14.4. The lowest BCUT2D eigenvalue weighted by Crippen LogP contribution is -2.37. The van der Waals surface area contributed by atoms with Gasteiger partial charge in [0.25, 0.3) is 5.69 Å². The zero-order chi connectivity index (χ0) is 17.9. The number of pyridine rings is 1. The number of fused-ring (bicyclic) bond motifs is 1. The molecular formula is C17H21N5O2. The van der Waals surface area contributed by atoms with Crippen molar-refractivity contribution in [1.82, 2.24) is 9.88 Å². The summed E-state index contributed by atoms with van der Waals surface area (Å²) in [5, 5.41) is 20.9. The van der Waals surface area contributed by atoms with Crippen LogP contribution in [0.4, 0.5) is 11.5 Å². The largest absolute Gasteiger partial charge is 0.353 e. The molecule has 2 aromatic rings. The van der Waals surface area contributed by atoms with Crippen molar-refractivity contribution < 1.29 is 4.92 Å². The van der Waals surface area contributed by atoms with Crippen molar-refractivity contribution in [3.63, 3.8) is 0 Å². The highest BCUT2D eigenvalue weighted by atomic mass is 16.6. The Balaban J connectivity index is 2.53. The highest BCUT2D eigenvalue weighted by Crippen LogP contribution is 2.27. The van der Waals surface area contributed by atoms with Crippen molar-refractivity contribution in [3.8, 4) is 6.07 Å². The van der Waals surface area contributed by atoms with Gasteiger partial charge in [0, 0.05) is 36.7 Å². The maximum Gasteiger partial charge on any atom is 0.270 e. The highest BCUT2D eigenvalue weighted by molar-refractivity contribution is 5.88. The second-order valence-corrected chi connectivity index (χ2v) is 6.19. The molecular weight excluding hydrogens is 306 g/mol. The Labute approximate surface area is 141 Å². The molecule has 0 saturated carbocycles. The second kappa shape index (κ2) is 7.23. The van der Waals surface area contributed by atoms with Gasteiger partial charge >= 0.3 is 0 Å². The Morgan fingerprint density at radius 2 is 2.00 bits per heavy atom. The molecule has 7 nitrogen and oxygen atoms in total. The van der Waals surface area contributed by atoms with Crippen molar-refractivity contribution in [3.05, 3.63) is 39.9 Å². The fraction of sp³-hybridized carbons (Fsp3) is 0.412. The summed E-state index contributed by atoms with van der Waals surface area (Å²) in [6.45, 7) is 5.79. The van der Waals surface area contributed by atoms with Crippen molar-refractivity contribution in [2.24, 2.45) is 0 Å². The van der Waals surface area contributed by atoms with Crippen LogP contribution in [0.2, 0.25) is 0 Å². The molecule has 126 valence electrons. The molecule has 0 saturated heterocycles. The van der Waals surface area contributed by atoms with Crippen molar-refractivity contribution in [1.29, 1.82) is 5.26 Å². The molecule has 0 aliphatic rings. The van der Waals surface area contributed by atoms with Crippen molar-refractivity contribution in [2.45, 2.75) is 19.9 Å². The Kier molecular flexibility index (Phi) is 5.31. The van der Waals surface area contributed by atoms with E-state index in [1.165, 1.54) is 12.1 Å². The van der Waals surface area contributed by atoms with Crippen LogP contribution in [0.3, 0.4) is 0 Å². The van der Waals surface area contributed by atoms with Gasteiger partial charge in [0.2, 0.25) is 0 Å². The number of non-ortho nitro benzene ring substituents is 1. The third-order valence-corrected chi connectivity index (χ3v) is 3.82. The molecule has 1 aromatic carbocycles. The van der Waals surface area contributed by atoms with Crippen LogP contribution >= 0.6 is 0 Å². The number of nitrogens with zero attached hydrogens (tertiary/aromatic N) is 5. The topological polar surface area (TPSA) is 86.3 Å². The fourth-order valence-corrected chi connectivity index (χ4v) is 2.50. The summed E-state index contributed by atoms with van der Waals surface area (Å²) in [5.41, 5.74) is 0.946. The van der Waals surface area contributed by atoms with Crippen molar-refractivity contribution in [2.75, 3.05) is 32.1 Å². The van der Waals surface area contributed by atoms with Crippen LogP contribution < -0.4 is 4.90 Å². The average molecular weight is 327 g/mol. The Morgan fingerprint density at radius 3 is 2.54 bits per heavy atom. The van der Waals surface area contributed by atoms with Crippen LogP contribution in [0.5, 0.6) is 0 Å². The molecule has 0 aliphatic carbocycles. The minimum Gasteiger partial charge on any atom is -0.353 e. The van der Waals surface area contributed by atoms with Gasteiger partial charge in [-0.1, -0.05) is 0 Å². The summed E-state index contributed by atoms with van der Waals surface area (Å²) in [6, 6.07) is 8.49. The molecule has 0 aliphatic heterocycles. The number of nitro benzene ring substituents is 1. The quantitative estimate of drug-likeness (QED) is 0.599. The minimum atomic E-state index is -0.466. The minimum absolute atomic E-state index is 0.0399. The first-order valence-corrected chi connectivity index (χ1v) is 7.74. The first kappa shape index (κ1) is 17.6. The number of nitro groups is 1. The predicted molar refractivity (Wildman–Crippen MR) is 94.1 cm³/mol. The number of benzene rings is 1. The molecule has 0 unspecified atom stereocenters. The Hall–Kier alpha value is -2.72. The normalized spacial score (nSPS) is 11.0. The molecule has 0 radical (unpaired) electrons. The summed E-state index contributed by atoms with van der Waals surface area (Å²) in [7, 11) is 4.01. The van der Waals surface area contributed by atoms with E-state index in [1.54, 1.807) is 12.1 Å². The summed E-state index contributed by atoms with van der Waals surface area (Å²) in [5.74, 6) is 0.713. The lowest BCUT2D eigenvalue weighted by molar-refractivity contribution is -0.384. The van der Waals surface area contributed by atoms with Crippen LogP contribution in [0.15, 0.2) is 24.3 Å². The molecule has 2 rings (SSSR count). The monoisotopic (exact) mass is 327 g/mol. The molecule has 1 aromatic heterocycles. The average Bonchev–Trinajstić information content (AvgIpc) is 2.52. The maximum atomic E-state index is 10.9. The van der Waals surface area contributed by atoms with E-state index in [9.17, 15) is 15.4 Å². The van der Waals surface area contributed by atoms with E-state index in [0.29, 0.717) is 22.3 Å². The summed E-state index contributed by atoms with van der Waals surface area (Å²) < 4.78 is 0. The van der Waals surface area contributed by atoms with E-state index < -0.39 is 4.92 Å². The van der Waals surface area contributed by atoms with Gasteiger partial charge in [-0.05, 0) is 40.1 Å². The third-order valence-electron chi connectivity index (χ3n) is 3.82. The van der Waals surface area contributed by atoms with Crippen LogP contribution in [0.1, 0.15) is 19.4 Å². The van der Waals surface area contributed by atoms with Crippen LogP contribution in [0, 0.1) is 21.4 Å². The van der Waals surface area contributed by atoms with Gasteiger partial charge in [-0.2, -0.15) is 5.26 Å². The first-order valence-electron chi connectivity index (χ1n) is 7.74. The van der Waals surface area contributed by atoms with Gasteiger partial charge in [-0.25, -0.2) is 4.98 Å². The molecule has 0 amide bonds. The zero-order valence-corrected chi connectivity index (χ0v) is 14.4. The first-order chi connectivity index (χ1) is 11.3. The van der Waals surface area contributed by atoms with Gasteiger partial charge in [-0.15, -0.1) is 0 Å². The number of anilines is 1. The molecule has 0 spiro atoms. The summed E-state index contributed by atoms with van der Waals surface area (Å²) in [4.78, 5) is 19.3. The SMILES string of the molecule is CC(C)N(CCN(C)C)c1cc(C#N)c2cc([N+](=O)[O-])ccc2n1. The van der Waals surface area contributed by atoms with Gasteiger partial charge in [-0.3, -0.25) is 10.1 Å². The summed E-state index contributed by atoms with van der Waals surface area (Å²) in [6.07, 6.45) is 0. The maximum absolute atomic E-state index is 10.9. The summed E-state index contributed by atoms with van der Waals surface area (Å²) >= 11 is 0. The number of likely N-dealkylation sites (N-methyl/N-ethyl adjacent to an activating group) is 1. The van der Waals surface area contributed by atoms with E-state index in [-0.39, 0.29) is 11.7 Å². The molecule has 24 heavy (non-hydrogen) atoms. The number of rotatable bonds is 6. The van der Waals surface area contributed by atoms with Gasteiger partial charge in [0.15, 0.2) is 0 Å². The van der Waals surface area contributed by atoms with E-state index in [4.69, 9.17) is 0 Å². The van der Waals surface area contributed by atoms with Gasteiger partial charge < -0.3 is 9.80 Å². The second-order valence-electron chi connectivity index (χ2n) is 6.19. The third kappa shape index (κ3) is 3.78. The molecule has 0 fully saturated rings. The van der Waals surface area contributed by atoms with Gasteiger partial charge in [0.1, 0.15) is 5.82 Å². The number of nitriles is 1. The van der Waals surface area contributed by atoms with E-state index in [2.05, 4.69) is 34.7 Å². The van der Waals surface area contributed by atoms with E-state index in [1.807, 2.05) is 14.1 Å². The molecule has 1 heterocycles. The molecule has 0 atom stereocenters. The Morgan fingerprint density at radius 1 is 1.29 bits per heavy atom. The number of hydrogen-bond donors (Lipinski definition) is 0. The lowest BCUT2D eigenvalue weighted by atomic mass is 10.1. The van der Waals surface area contributed by atoms with E-state index in [0.717, 1.165) is 13.1 Å². The number of hydrogen-bond acceptors (Lipinski definition) is 6. The van der Waals surface area contributed by atoms with E-state index >= 15 is 0 Å². The van der Waals surface area contributed by atoms with Gasteiger partial charge in [0.05, 0.1) is 22.1 Å². The number of aromatic nitrogens is 1. The molecule has 7 heteroatoms. The lowest BCUT2D eigenvalue weighted by Gasteiger charge is -2.29. The fourth-order valence-electron chi connectivity index (χ4n) is 2.50. The highest BCUT2D eigenvalue weighted by Gasteiger charge is 2.17. The van der Waals surface area contributed by atoms with Crippen LogP contribution in [-0.2, 0) is 0 Å². The Bertz CT molecular complexity index is 795. The van der Waals surface area contributed by atoms with Crippen LogP contribution in [-0.4, -0.2) is 48.0 Å².